The number of ketones is 1. The second-order valence-corrected chi connectivity index (χ2v) is 2.84. The summed E-state index contributed by atoms with van der Waals surface area (Å²) in [5.41, 5.74) is 0.575. The maximum Gasteiger partial charge on any atom is 0.322 e. The molecule has 0 aromatic heterocycles. The minimum absolute atomic E-state index is 0.159. The summed E-state index contributed by atoms with van der Waals surface area (Å²) >= 11 is 0. The van der Waals surface area contributed by atoms with Crippen LogP contribution in [0.15, 0.2) is 42.6 Å². The zero-order valence-electron chi connectivity index (χ0n) is 8.01. The molecule has 0 aliphatic heterocycles. The summed E-state index contributed by atoms with van der Waals surface area (Å²) in [4.78, 5) is 21.5. The molecule has 0 saturated heterocycles. The maximum absolute atomic E-state index is 11.4. The van der Waals surface area contributed by atoms with Crippen molar-refractivity contribution in [2.45, 2.75) is 0 Å². The van der Waals surface area contributed by atoms with Gasteiger partial charge in [-0.1, -0.05) is 30.3 Å². The lowest BCUT2D eigenvalue weighted by Crippen LogP contribution is -2.16. The van der Waals surface area contributed by atoms with E-state index < -0.39 is 5.97 Å². The largest absolute Gasteiger partial charge is 0.480 e. The second kappa shape index (κ2) is 5.59. The fraction of sp³-hybridized carbons (Fsp3) is 0.0909. The zero-order valence-corrected chi connectivity index (χ0v) is 8.01. The molecule has 0 unspecified atom stereocenters. The van der Waals surface area contributed by atoms with Gasteiger partial charge in [-0.15, -0.1) is 0 Å². The number of hydrogen-bond donors (Lipinski definition) is 2. The minimum atomic E-state index is -0.966. The first-order valence-corrected chi connectivity index (χ1v) is 4.41. The molecule has 0 spiro atoms. The molecule has 2 N–H and O–H groups in total. The van der Waals surface area contributed by atoms with Crippen molar-refractivity contribution in [1.82, 2.24) is 5.32 Å². The first kappa shape index (κ1) is 11.0. The number of nitrogens with one attached hydrogen (secondary N) is 1. The highest BCUT2D eigenvalue weighted by atomic mass is 16.4. The molecule has 0 atom stereocenters. The van der Waals surface area contributed by atoms with E-state index in [0.717, 1.165) is 0 Å². The van der Waals surface area contributed by atoms with Crippen LogP contribution in [0.1, 0.15) is 10.4 Å². The normalized spacial score (nSPS) is 10.1. The van der Waals surface area contributed by atoms with Crippen LogP contribution in [0.3, 0.4) is 0 Å². The quantitative estimate of drug-likeness (QED) is 0.557. The van der Waals surface area contributed by atoms with Crippen molar-refractivity contribution in [2.24, 2.45) is 0 Å². The second-order valence-electron chi connectivity index (χ2n) is 2.84. The summed E-state index contributed by atoms with van der Waals surface area (Å²) in [7, 11) is 0. The van der Waals surface area contributed by atoms with Crippen LogP contribution in [0.4, 0.5) is 0 Å². The molecule has 15 heavy (non-hydrogen) atoms. The third-order valence-electron chi connectivity index (χ3n) is 1.66. The van der Waals surface area contributed by atoms with Crippen molar-refractivity contribution in [3.63, 3.8) is 0 Å². The molecule has 4 nitrogen and oxygen atoms in total. The highest BCUT2D eigenvalue weighted by Crippen LogP contribution is 1.99. The topological polar surface area (TPSA) is 66.4 Å². The van der Waals surface area contributed by atoms with E-state index in [0.29, 0.717) is 5.56 Å². The van der Waals surface area contributed by atoms with Crippen molar-refractivity contribution >= 4 is 11.8 Å². The van der Waals surface area contributed by atoms with Gasteiger partial charge in [0.25, 0.3) is 0 Å². The molecule has 1 aromatic carbocycles. The Morgan fingerprint density at radius 3 is 2.53 bits per heavy atom. The Labute approximate surface area is 87.2 Å². The van der Waals surface area contributed by atoms with Crippen LogP contribution in [-0.2, 0) is 4.79 Å². The Hall–Kier alpha value is -2.10. The molecular weight excluding hydrogens is 194 g/mol. The Balaban J connectivity index is 2.46. The lowest BCUT2D eigenvalue weighted by atomic mass is 10.1. The molecule has 78 valence electrons. The van der Waals surface area contributed by atoms with Gasteiger partial charge in [-0.05, 0) is 0 Å². The summed E-state index contributed by atoms with van der Waals surface area (Å²) in [6.45, 7) is -0.196. The number of carboxylic acid groups (broad SMARTS) is 1. The van der Waals surface area contributed by atoms with E-state index in [4.69, 9.17) is 5.11 Å². The predicted molar refractivity (Wildman–Crippen MR) is 55.6 cm³/mol. The lowest BCUT2D eigenvalue weighted by Gasteiger charge is -1.95. The van der Waals surface area contributed by atoms with E-state index in [1.807, 2.05) is 6.07 Å². The van der Waals surface area contributed by atoms with Gasteiger partial charge < -0.3 is 10.4 Å². The van der Waals surface area contributed by atoms with E-state index in [1.165, 1.54) is 12.3 Å². The first-order valence-electron chi connectivity index (χ1n) is 4.41. The average Bonchev–Trinajstić information content (AvgIpc) is 2.25. The molecule has 0 fully saturated rings. The summed E-state index contributed by atoms with van der Waals surface area (Å²) < 4.78 is 0. The number of carbonyl (C=O) groups excluding carboxylic acids is 1. The van der Waals surface area contributed by atoms with E-state index in [2.05, 4.69) is 5.32 Å². The van der Waals surface area contributed by atoms with E-state index in [9.17, 15) is 9.59 Å². The van der Waals surface area contributed by atoms with Crippen LogP contribution in [0.2, 0.25) is 0 Å². The molecule has 0 aliphatic rings. The highest BCUT2D eigenvalue weighted by Gasteiger charge is 1.98. The van der Waals surface area contributed by atoms with Crippen LogP contribution in [0.25, 0.3) is 0 Å². The molecule has 0 amide bonds. The fourth-order valence-corrected chi connectivity index (χ4v) is 0.979. The monoisotopic (exact) mass is 205 g/mol. The molecule has 1 aromatic rings. The van der Waals surface area contributed by atoms with Crippen molar-refractivity contribution < 1.29 is 14.7 Å². The van der Waals surface area contributed by atoms with Gasteiger partial charge in [0.15, 0.2) is 5.78 Å². The van der Waals surface area contributed by atoms with Crippen molar-refractivity contribution in [3.05, 3.63) is 48.2 Å². The highest BCUT2D eigenvalue weighted by molar-refractivity contribution is 6.04. The lowest BCUT2D eigenvalue weighted by molar-refractivity contribution is -0.135. The summed E-state index contributed by atoms with van der Waals surface area (Å²) in [6.07, 6.45) is 2.64. The van der Waals surface area contributed by atoms with Gasteiger partial charge in [0.05, 0.1) is 0 Å². The molecule has 0 saturated carbocycles. The molecule has 0 radical (unpaired) electrons. The Bertz CT molecular complexity index is 371. The maximum atomic E-state index is 11.4. The van der Waals surface area contributed by atoms with E-state index in [1.54, 1.807) is 24.3 Å². The number of rotatable bonds is 5. The molecule has 0 heterocycles. The van der Waals surface area contributed by atoms with Crippen molar-refractivity contribution in [3.8, 4) is 0 Å². The molecule has 0 aliphatic carbocycles. The number of allylic oxidation sites excluding steroid dienone is 1. The summed E-state index contributed by atoms with van der Waals surface area (Å²) in [5.74, 6) is -1.12. The number of aliphatic carboxylic acids is 1. The summed E-state index contributed by atoms with van der Waals surface area (Å²) in [6, 6.07) is 8.76. The third-order valence-corrected chi connectivity index (χ3v) is 1.66. The van der Waals surface area contributed by atoms with Crippen LogP contribution in [0, 0.1) is 0 Å². The van der Waals surface area contributed by atoms with Crippen LogP contribution in [0.5, 0.6) is 0 Å². The van der Waals surface area contributed by atoms with Crippen molar-refractivity contribution in [2.75, 3.05) is 6.54 Å². The smallest absolute Gasteiger partial charge is 0.322 e. The Kier molecular flexibility index (Phi) is 4.09. The number of carboxylic acids is 1. The Morgan fingerprint density at radius 2 is 1.93 bits per heavy atom. The average molecular weight is 205 g/mol. The summed E-state index contributed by atoms with van der Waals surface area (Å²) in [5, 5.41) is 10.8. The van der Waals surface area contributed by atoms with Gasteiger partial charge in [-0.2, -0.15) is 0 Å². The number of hydrogen-bond acceptors (Lipinski definition) is 3. The van der Waals surface area contributed by atoms with Gasteiger partial charge in [0.1, 0.15) is 6.54 Å². The molecular formula is C11H11NO3. The van der Waals surface area contributed by atoms with Crippen LogP contribution in [-0.4, -0.2) is 23.4 Å². The number of benzene rings is 1. The SMILES string of the molecule is O=C(O)CNC=CC(=O)c1ccccc1. The predicted octanol–water partition coefficient (Wildman–Crippen LogP) is 1.06. The van der Waals surface area contributed by atoms with E-state index in [-0.39, 0.29) is 12.3 Å². The van der Waals surface area contributed by atoms with Gasteiger partial charge in [-0.3, -0.25) is 9.59 Å². The first-order chi connectivity index (χ1) is 7.20. The molecule has 1 rings (SSSR count). The van der Waals surface area contributed by atoms with Gasteiger partial charge >= 0.3 is 5.97 Å². The number of carbonyl (C=O) groups is 2. The Morgan fingerprint density at radius 1 is 1.27 bits per heavy atom. The van der Waals surface area contributed by atoms with Gasteiger partial charge in [0, 0.05) is 17.8 Å². The minimum Gasteiger partial charge on any atom is -0.480 e. The molecule has 0 bridgehead atoms. The third kappa shape index (κ3) is 4.08. The standard InChI is InChI=1S/C11H11NO3/c13-10(6-7-12-8-11(14)15)9-4-2-1-3-5-9/h1-7,12H,8H2,(H,14,15). The van der Waals surface area contributed by atoms with Crippen molar-refractivity contribution in [1.29, 1.82) is 0 Å². The zero-order chi connectivity index (χ0) is 11.1. The van der Waals surface area contributed by atoms with Gasteiger partial charge in [0.2, 0.25) is 0 Å². The molecule has 4 heteroatoms. The van der Waals surface area contributed by atoms with Crippen LogP contribution >= 0.6 is 0 Å². The fourth-order valence-electron chi connectivity index (χ4n) is 0.979. The van der Waals surface area contributed by atoms with Crippen LogP contribution < -0.4 is 5.32 Å². The van der Waals surface area contributed by atoms with E-state index >= 15 is 0 Å². The van der Waals surface area contributed by atoms with Gasteiger partial charge in [-0.25, -0.2) is 0 Å².